The zero-order valence-electron chi connectivity index (χ0n) is 13.1. The van der Waals surface area contributed by atoms with Crippen molar-refractivity contribution in [3.8, 4) is 0 Å². The summed E-state index contributed by atoms with van der Waals surface area (Å²) in [6.45, 7) is 7.79. The summed E-state index contributed by atoms with van der Waals surface area (Å²) in [6, 6.07) is 6.34. The Kier molecular flexibility index (Phi) is 6.16. The van der Waals surface area contributed by atoms with E-state index in [9.17, 15) is 0 Å². The molecule has 1 atom stereocenters. The van der Waals surface area contributed by atoms with Gasteiger partial charge in [0.1, 0.15) is 11.6 Å². The predicted molar refractivity (Wildman–Crippen MR) is 87.5 cm³/mol. The van der Waals surface area contributed by atoms with Crippen LogP contribution in [0.15, 0.2) is 18.2 Å². The van der Waals surface area contributed by atoms with E-state index >= 15 is 0 Å². The van der Waals surface area contributed by atoms with Crippen LogP contribution in [0.2, 0.25) is 0 Å². The van der Waals surface area contributed by atoms with Crippen molar-refractivity contribution >= 4 is 11.6 Å². The van der Waals surface area contributed by atoms with Gasteiger partial charge in [0.2, 0.25) is 0 Å². The molecule has 1 unspecified atom stereocenters. The SMILES string of the molecule is CCCNc1cccc(N2CCCC(CCC)CC2)n1. The Morgan fingerprint density at radius 3 is 2.90 bits per heavy atom. The van der Waals surface area contributed by atoms with Crippen LogP contribution in [0.4, 0.5) is 11.6 Å². The number of nitrogens with zero attached hydrogens (tertiary/aromatic N) is 2. The number of hydrogen-bond donors (Lipinski definition) is 1. The van der Waals surface area contributed by atoms with Crippen molar-refractivity contribution in [3.63, 3.8) is 0 Å². The molecule has 0 amide bonds. The summed E-state index contributed by atoms with van der Waals surface area (Å²) in [5.41, 5.74) is 0. The molecule has 0 aliphatic carbocycles. The first-order valence-electron chi connectivity index (χ1n) is 8.29. The number of aromatic nitrogens is 1. The Labute approximate surface area is 123 Å². The summed E-state index contributed by atoms with van der Waals surface area (Å²) in [4.78, 5) is 7.23. The molecule has 20 heavy (non-hydrogen) atoms. The smallest absolute Gasteiger partial charge is 0.130 e. The maximum atomic E-state index is 4.76. The number of anilines is 2. The first kappa shape index (κ1) is 15.1. The van der Waals surface area contributed by atoms with Gasteiger partial charge < -0.3 is 10.2 Å². The van der Waals surface area contributed by atoms with Gasteiger partial charge in [-0.3, -0.25) is 0 Å². The fraction of sp³-hybridized carbons (Fsp3) is 0.706. The van der Waals surface area contributed by atoms with Gasteiger partial charge in [0.15, 0.2) is 0 Å². The third-order valence-electron chi connectivity index (χ3n) is 4.16. The van der Waals surface area contributed by atoms with Gasteiger partial charge in [-0.25, -0.2) is 4.98 Å². The highest BCUT2D eigenvalue weighted by molar-refractivity contribution is 5.47. The fourth-order valence-electron chi connectivity index (χ4n) is 3.04. The first-order chi connectivity index (χ1) is 9.83. The Morgan fingerprint density at radius 1 is 1.20 bits per heavy atom. The largest absolute Gasteiger partial charge is 0.370 e. The molecule has 2 rings (SSSR count). The Hall–Kier alpha value is -1.25. The minimum atomic E-state index is 0.923. The van der Waals surface area contributed by atoms with Crippen LogP contribution in [-0.4, -0.2) is 24.6 Å². The lowest BCUT2D eigenvalue weighted by Crippen LogP contribution is -2.25. The monoisotopic (exact) mass is 275 g/mol. The molecule has 1 saturated heterocycles. The highest BCUT2D eigenvalue weighted by Crippen LogP contribution is 2.25. The Balaban J connectivity index is 1.96. The highest BCUT2D eigenvalue weighted by atomic mass is 15.2. The van der Waals surface area contributed by atoms with Crippen molar-refractivity contribution in [2.75, 3.05) is 29.9 Å². The van der Waals surface area contributed by atoms with Gasteiger partial charge in [-0.2, -0.15) is 0 Å². The van der Waals surface area contributed by atoms with Crippen molar-refractivity contribution in [2.24, 2.45) is 5.92 Å². The summed E-state index contributed by atoms with van der Waals surface area (Å²) < 4.78 is 0. The molecule has 112 valence electrons. The second kappa shape index (κ2) is 8.13. The molecule has 1 aliphatic heterocycles. The van der Waals surface area contributed by atoms with Crippen molar-refractivity contribution in [1.29, 1.82) is 0 Å². The molecular weight excluding hydrogens is 246 g/mol. The lowest BCUT2D eigenvalue weighted by atomic mass is 9.96. The van der Waals surface area contributed by atoms with Crippen molar-refractivity contribution in [1.82, 2.24) is 4.98 Å². The lowest BCUT2D eigenvalue weighted by molar-refractivity contribution is 0.435. The van der Waals surface area contributed by atoms with Crippen LogP contribution < -0.4 is 10.2 Å². The quantitative estimate of drug-likeness (QED) is 0.838. The molecule has 1 fully saturated rings. The standard InChI is InChI=1S/C17H29N3/c1-3-7-15-8-6-13-20(14-11-15)17-10-5-9-16(19-17)18-12-4-2/h5,9-10,15H,3-4,6-8,11-14H2,1-2H3,(H,18,19). The molecule has 3 heteroatoms. The normalized spacial score (nSPS) is 19.7. The summed E-state index contributed by atoms with van der Waals surface area (Å²) in [5, 5.41) is 3.38. The summed E-state index contributed by atoms with van der Waals surface area (Å²) >= 11 is 0. The molecule has 0 saturated carbocycles. The van der Waals surface area contributed by atoms with Crippen LogP contribution in [0, 0.1) is 5.92 Å². The van der Waals surface area contributed by atoms with Gasteiger partial charge >= 0.3 is 0 Å². The van der Waals surface area contributed by atoms with Gasteiger partial charge in [-0.05, 0) is 43.7 Å². The summed E-state index contributed by atoms with van der Waals surface area (Å²) in [7, 11) is 0. The molecule has 0 aromatic carbocycles. The van der Waals surface area contributed by atoms with Crippen LogP contribution in [0.1, 0.15) is 52.4 Å². The van der Waals surface area contributed by atoms with Crippen LogP contribution in [-0.2, 0) is 0 Å². The highest BCUT2D eigenvalue weighted by Gasteiger charge is 2.17. The van der Waals surface area contributed by atoms with Crippen molar-refractivity contribution < 1.29 is 0 Å². The van der Waals surface area contributed by atoms with Crippen LogP contribution >= 0.6 is 0 Å². The van der Waals surface area contributed by atoms with E-state index in [1.54, 1.807) is 0 Å². The Bertz CT molecular complexity index is 392. The molecule has 0 bridgehead atoms. The topological polar surface area (TPSA) is 28.2 Å². The molecule has 3 nitrogen and oxygen atoms in total. The minimum absolute atomic E-state index is 0.923. The predicted octanol–water partition coefficient (Wildman–Crippen LogP) is 4.31. The number of pyridine rings is 1. The first-order valence-corrected chi connectivity index (χ1v) is 8.29. The van der Waals surface area contributed by atoms with Crippen molar-refractivity contribution in [3.05, 3.63) is 18.2 Å². The third-order valence-corrected chi connectivity index (χ3v) is 4.16. The number of nitrogens with one attached hydrogen (secondary N) is 1. The molecule has 1 N–H and O–H groups in total. The van der Waals surface area contributed by atoms with E-state index in [1.165, 1.54) is 32.1 Å². The van der Waals surface area contributed by atoms with Gasteiger partial charge in [0.25, 0.3) is 0 Å². The lowest BCUT2D eigenvalue weighted by Gasteiger charge is -2.22. The van der Waals surface area contributed by atoms with E-state index in [2.05, 4.69) is 42.3 Å². The maximum Gasteiger partial charge on any atom is 0.130 e. The summed E-state index contributed by atoms with van der Waals surface area (Å²) in [6.07, 6.45) is 7.85. The van der Waals surface area contributed by atoms with Crippen LogP contribution in [0.3, 0.4) is 0 Å². The second-order valence-corrected chi connectivity index (χ2v) is 5.88. The minimum Gasteiger partial charge on any atom is -0.370 e. The third kappa shape index (κ3) is 4.39. The number of rotatable bonds is 6. The van der Waals surface area contributed by atoms with E-state index in [0.717, 1.165) is 43.6 Å². The van der Waals surface area contributed by atoms with E-state index in [1.807, 2.05) is 0 Å². The van der Waals surface area contributed by atoms with E-state index in [0.29, 0.717) is 0 Å². The molecular formula is C17H29N3. The van der Waals surface area contributed by atoms with Gasteiger partial charge in [0.05, 0.1) is 0 Å². The van der Waals surface area contributed by atoms with E-state index in [-0.39, 0.29) is 0 Å². The van der Waals surface area contributed by atoms with Crippen LogP contribution in [0.25, 0.3) is 0 Å². The van der Waals surface area contributed by atoms with Gasteiger partial charge in [-0.15, -0.1) is 0 Å². The average molecular weight is 275 g/mol. The fourth-order valence-corrected chi connectivity index (χ4v) is 3.04. The van der Waals surface area contributed by atoms with Gasteiger partial charge in [0, 0.05) is 19.6 Å². The molecule has 1 aromatic rings. The van der Waals surface area contributed by atoms with Crippen molar-refractivity contribution in [2.45, 2.75) is 52.4 Å². The average Bonchev–Trinajstić information content (AvgIpc) is 2.72. The molecule has 0 radical (unpaired) electrons. The van der Waals surface area contributed by atoms with Crippen LogP contribution in [0.5, 0.6) is 0 Å². The maximum absolute atomic E-state index is 4.76. The summed E-state index contributed by atoms with van der Waals surface area (Å²) in [5.74, 6) is 3.08. The van der Waals surface area contributed by atoms with Gasteiger partial charge in [-0.1, -0.05) is 32.8 Å². The zero-order chi connectivity index (χ0) is 14.2. The molecule has 2 heterocycles. The zero-order valence-corrected chi connectivity index (χ0v) is 13.1. The molecule has 0 spiro atoms. The second-order valence-electron chi connectivity index (χ2n) is 5.88. The molecule has 1 aromatic heterocycles. The Morgan fingerprint density at radius 2 is 2.10 bits per heavy atom. The van der Waals surface area contributed by atoms with E-state index in [4.69, 9.17) is 4.98 Å². The molecule has 1 aliphatic rings. The van der Waals surface area contributed by atoms with E-state index < -0.39 is 0 Å². The number of hydrogen-bond acceptors (Lipinski definition) is 3.